The van der Waals surface area contributed by atoms with Gasteiger partial charge in [0.05, 0.1) is 101 Å². The molecule has 2 aromatic carbocycles. The molecule has 8 aromatic rings. The number of thiophene rings is 2. The monoisotopic (exact) mass is 1120 g/mol. The van der Waals surface area contributed by atoms with Crippen LogP contribution in [0, 0.1) is 48.1 Å². The maximum atomic E-state index is 14.4. The lowest BCUT2D eigenvalue weighted by Gasteiger charge is -2.27. The fourth-order valence-electron chi connectivity index (χ4n) is 8.87. The Hall–Kier alpha value is -8.50. The van der Waals surface area contributed by atoms with Gasteiger partial charge in [-0.15, -0.1) is 9.59 Å². The zero-order valence-electron chi connectivity index (χ0n) is 44.3. The molecule has 0 amide bonds. The van der Waals surface area contributed by atoms with Gasteiger partial charge in [0, 0.05) is 28.7 Å². The molecular formula is C52H54F2N12O11S2. The fraction of sp³-hybridized carbons (Fsp3) is 0.385. The van der Waals surface area contributed by atoms with Crippen LogP contribution in [0.3, 0.4) is 0 Å². The first-order chi connectivity index (χ1) is 37.6. The van der Waals surface area contributed by atoms with Crippen LogP contribution in [0.1, 0.15) is 88.3 Å². The summed E-state index contributed by atoms with van der Waals surface area (Å²) in [6.45, 7) is 10.2. The van der Waals surface area contributed by atoms with Crippen molar-refractivity contribution in [3.63, 3.8) is 0 Å². The van der Waals surface area contributed by atoms with Crippen LogP contribution in [0.2, 0.25) is 0 Å². The third-order valence-corrected chi connectivity index (χ3v) is 15.6. The molecule has 79 heavy (non-hydrogen) atoms. The Balaban J connectivity index is 0.000000229. The van der Waals surface area contributed by atoms with E-state index in [1.54, 1.807) is 20.8 Å². The van der Waals surface area contributed by atoms with E-state index in [1.807, 2.05) is 12.1 Å². The van der Waals surface area contributed by atoms with Crippen molar-refractivity contribution in [2.45, 2.75) is 104 Å². The van der Waals surface area contributed by atoms with Crippen LogP contribution in [0.5, 0.6) is 11.5 Å². The summed E-state index contributed by atoms with van der Waals surface area (Å²) in [7, 11) is 2.83. The minimum atomic E-state index is -1.91. The molecule has 0 aliphatic heterocycles. The average molecular weight is 1130 g/mol. The van der Waals surface area contributed by atoms with Gasteiger partial charge in [0.15, 0.2) is 5.78 Å². The quantitative estimate of drug-likeness (QED) is 0.0761. The van der Waals surface area contributed by atoms with Crippen molar-refractivity contribution in [1.82, 2.24) is 48.3 Å². The molecule has 0 saturated heterocycles. The van der Waals surface area contributed by atoms with E-state index in [2.05, 4.69) is 20.4 Å². The number of aromatic nitrogens is 10. The van der Waals surface area contributed by atoms with Gasteiger partial charge in [-0.1, -0.05) is 29.6 Å². The number of halogens is 2. The number of nitriles is 2. The summed E-state index contributed by atoms with van der Waals surface area (Å²) in [4.78, 5) is 83.9. The van der Waals surface area contributed by atoms with Crippen LogP contribution < -0.4 is 32.0 Å². The van der Waals surface area contributed by atoms with E-state index in [9.17, 15) is 42.7 Å². The first-order valence-electron chi connectivity index (χ1n) is 24.3. The molecule has 1 N–H and O–H groups in total. The Bertz CT molecular complexity index is 3920. The Kier molecular flexibility index (Phi) is 17.7. The van der Waals surface area contributed by atoms with E-state index in [1.165, 1.54) is 122 Å². The summed E-state index contributed by atoms with van der Waals surface area (Å²) in [6.07, 6.45) is 4.15. The minimum Gasteiger partial charge on any atom is -0.496 e. The molecule has 414 valence electrons. The second-order valence-electron chi connectivity index (χ2n) is 18.6. The number of hydrogen-bond acceptors (Lipinski definition) is 18. The maximum Gasteiger partial charge on any atom is 0.333 e. The van der Waals surface area contributed by atoms with Gasteiger partial charge >= 0.3 is 17.3 Å². The molecule has 0 saturated carbocycles. The fourth-order valence-corrected chi connectivity index (χ4v) is 11.3. The Morgan fingerprint density at radius 1 is 0.671 bits per heavy atom. The average Bonchev–Trinajstić information content (AvgIpc) is 4.40. The van der Waals surface area contributed by atoms with E-state index >= 15 is 0 Å². The summed E-state index contributed by atoms with van der Waals surface area (Å²) >= 11 is 2.21. The largest absolute Gasteiger partial charge is 0.496 e. The predicted molar refractivity (Wildman–Crippen MR) is 285 cm³/mol. The van der Waals surface area contributed by atoms with Crippen molar-refractivity contribution in [3.8, 4) is 33.6 Å². The highest BCUT2D eigenvalue weighted by Gasteiger charge is 2.38. The van der Waals surface area contributed by atoms with Crippen molar-refractivity contribution in [3.05, 3.63) is 137 Å². The minimum absolute atomic E-state index is 0.00407. The van der Waals surface area contributed by atoms with E-state index in [-0.39, 0.29) is 78.3 Å². The van der Waals surface area contributed by atoms with Crippen molar-refractivity contribution >= 4 is 54.9 Å². The highest BCUT2D eigenvalue weighted by atomic mass is 32.1. The van der Waals surface area contributed by atoms with Crippen molar-refractivity contribution in [2.24, 2.45) is 0 Å². The Labute approximate surface area is 456 Å². The lowest BCUT2D eigenvalue weighted by atomic mass is 9.96. The molecule has 2 atom stereocenters. The van der Waals surface area contributed by atoms with E-state index in [4.69, 9.17) is 29.5 Å². The van der Waals surface area contributed by atoms with Crippen LogP contribution >= 0.6 is 22.7 Å². The summed E-state index contributed by atoms with van der Waals surface area (Å²) in [5, 5.41) is 45.9. The smallest absolute Gasteiger partial charge is 0.333 e. The molecular weight excluding hydrogens is 1070 g/mol. The van der Waals surface area contributed by atoms with Crippen LogP contribution in [-0.4, -0.2) is 92.5 Å². The SMILES string of the molecule is CCC(=O)C(C)(C)n1c(=O)c2c(C)c(-n3nccn3)sc2n(C[C@H](OCCC#N)c2cc(F)ccc2OC)c1=O.COc1ccc(F)cc1[C@H](Cn1c(=O)n(C(C)(C)C(=O)O)c(=O)c2c(C)c(-n3nccn3)sc21)OCCC#N. The summed E-state index contributed by atoms with van der Waals surface area (Å²) in [6, 6.07) is 11.7. The van der Waals surface area contributed by atoms with Gasteiger partial charge in [-0.2, -0.15) is 30.9 Å². The topological polar surface area (TPSA) is 288 Å². The maximum absolute atomic E-state index is 14.4. The third kappa shape index (κ3) is 11.3. The molecule has 6 aromatic heterocycles. The van der Waals surface area contributed by atoms with Gasteiger partial charge in [0.2, 0.25) is 0 Å². The third-order valence-electron chi connectivity index (χ3n) is 13.1. The highest BCUT2D eigenvalue weighted by Crippen LogP contribution is 2.37. The number of aliphatic carboxylic acids is 1. The van der Waals surface area contributed by atoms with Gasteiger partial charge in [-0.25, -0.2) is 32.3 Å². The van der Waals surface area contributed by atoms with Gasteiger partial charge in [0.1, 0.15) is 66.1 Å². The van der Waals surface area contributed by atoms with Gasteiger partial charge in [-0.05, 0) is 77.9 Å². The van der Waals surface area contributed by atoms with Crippen LogP contribution in [0.25, 0.3) is 30.4 Å². The number of hydrogen-bond donors (Lipinski definition) is 1. The van der Waals surface area contributed by atoms with E-state index < -0.39 is 63.4 Å². The zero-order chi connectivity index (χ0) is 57.7. The number of methoxy groups -OCH3 is 2. The highest BCUT2D eigenvalue weighted by molar-refractivity contribution is 7.21. The lowest BCUT2D eigenvalue weighted by Crippen LogP contribution is -2.52. The number of carbonyl (C=O) groups is 2. The van der Waals surface area contributed by atoms with E-state index in [0.717, 1.165) is 27.2 Å². The predicted octanol–water partition coefficient (Wildman–Crippen LogP) is 6.40. The van der Waals surface area contributed by atoms with Crippen molar-refractivity contribution < 1.29 is 42.4 Å². The number of nitrogens with zero attached hydrogens (tertiary/aromatic N) is 12. The lowest BCUT2D eigenvalue weighted by molar-refractivity contribution is -0.146. The second kappa shape index (κ2) is 24.0. The molecule has 0 fully saturated rings. The number of rotatable bonds is 21. The molecule has 8 rings (SSSR count). The molecule has 0 radical (unpaired) electrons. The summed E-state index contributed by atoms with van der Waals surface area (Å²) in [5.74, 6) is -2.19. The first kappa shape index (κ1) is 58.2. The Morgan fingerprint density at radius 3 is 1.39 bits per heavy atom. The summed E-state index contributed by atoms with van der Waals surface area (Å²) < 4.78 is 55.7. The number of carbonyl (C=O) groups excluding carboxylic acids is 1. The standard InChI is InChI=1S/C27H29FN6O5S.C25H25FN6O6S/c1-6-21(35)27(3,4)33-23(36)22-16(2)24(34-30-11-12-31-34)40-25(22)32(26(33)37)15-20(39-13-7-10-29)18-14-17(28)8-9-19(18)38-5;1-14-19-20(33)31(25(2,3)23(34)35)24(36)30(22(19)39-21(14)32-28-9-10-29-32)13-18(38-11-5-8-27)16-12-15(26)6-7-17(16)37-4/h8-9,11-12,14,20H,6-7,13,15H2,1-5H3;6-7,9-10,12,18H,5,11,13H2,1-4H3,(H,34,35)/t20-;18-/m00/s1. The van der Waals surface area contributed by atoms with Crippen LogP contribution in [0.15, 0.2) is 80.4 Å². The zero-order valence-corrected chi connectivity index (χ0v) is 46.0. The summed E-state index contributed by atoms with van der Waals surface area (Å²) in [5.41, 5.74) is -4.80. The molecule has 0 spiro atoms. The molecule has 0 aliphatic rings. The molecule has 0 bridgehead atoms. The number of aryl methyl sites for hydroxylation is 2. The number of ether oxygens (including phenoxy) is 4. The normalized spacial score (nSPS) is 12.4. The number of carboxylic acids is 1. The number of Topliss-reactive ketones (excluding diaryl/α,β-unsaturated/α-hetero) is 1. The molecule has 6 heterocycles. The number of carboxylic acid groups (broad SMARTS) is 1. The van der Waals surface area contributed by atoms with Crippen molar-refractivity contribution in [2.75, 3.05) is 27.4 Å². The molecule has 23 nitrogen and oxygen atoms in total. The molecule has 0 aliphatic carbocycles. The molecule has 27 heteroatoms. The van der Waals surface area contributed by atoms with Crippen LogP contribution in [0.4, 0.5) is 8.78 Å². The number of fused-ring (bicyclic) bond motifs is 2. The Morgan fingerprint density at radius 2 is 1.05 bits per heavy atom. The first-order valence-corrected chi connectivity index (χ1v) is 25.9. The second-order valence-corrected chi connectivity index (χ2v) is 20.6. The van der Waals surface area contributed by atoms with Gasteiger partial charge in [-0.3, -0.25) is 23.5 Å². The number of benzene rings is 2. The van der Waals surface area contributed by atoms with Gasteiger partial charge in [0.25, 0.3) is 11.1 Å². The molecule has 0 unspecified atom stereocenters. The van der Waals surface area contributed by atoms with Crippen molar-refractivity contribution in [1.29, 1.82) is 10.5 Å². The van der Waals surface area contributed by atoms with E-state index in [0.29, 0.717) is 41.8 Å². The number of ketones is 1. The van der Waals surface area contributed by atoms with Gasteiger partial charge < -0.3 is 24.1 Å². The van der Waals surface area contributed by atoms with Crippen LogP contribution in [-0.2, 0) is 43.2 Å².